The topological polar surface area (TPSA) is 52.6 Å². The molecular weight excluding hydrogens is 298 g/mol. The van der Waals surface area contributed by atoms with Crippen LogP contribution in [-0.2, 0) is 18.0 Å². The fourth-order valence-electron chi connectivity index (χ4n) is 0.368. The molecule has 0 aromatic rings. The minimum atomic E-state index is -0.537. The molecule has 0 spiro atoms. The Bertz CT molecular complexity index is 162. The number of hydrogen-bond acceptors (Lipinski definition) is 6. The first-order valence-electron chi connectivity index (χ1n) is 2.57. The Hall–Kier alpha value is 0.458. The quantitative estimate of drug-likeness (QED) is 0.422. The van der Waals surface area contributed by atoms with Gasteiger partial charge in [0.1, 0.15) is 0 Å². The maximum atomic E-state index is 10.7. The third-order valence-corrected chi connectivity index (χ3v) is 2.71. The summed E-state index contributed by atoms with van der Waals surface area (Å²) in [5.74, 6) is -1.04. The summed E-state index contributed by atoms with van der Waals surface area (Å²) in [6.45, 7) is 0. The number of rotatable bonds is 3. The van der Waals surface area contributed by atoms with Crippen molar-refractivity contribution in [1.82, 2.24) is 0 Å². The Kier molecular flexibility index (Phi) is 6.28. The van der Waals surface area contributed by atoms with Crippen molar-refractivity contribution < 1.29 is 18.0 Å². The van der Waals surface area contributed by atoms with Crippen LogP contribution in [0.1, 0.15) is 6.42 Å². The molecule has 1 atom stereocenters. The SMILES string of the molecule is O=C(C[CH]([SbH2])C(=O)OS)OS. The molecule has 0 rings (SSSR count). The van der Waals surface area contributed by atoms with Crippen LogP contribution in [0, 0.1) is 0 Å². The second-order valence-electron chi connectivity index (χ2n) is 1.68. The molecule has 0 N–H and O–H groups in total. The number of hydrogen-bond donors (Lipinski definition) is 2. The molecule has 0 aromatic carbocycles. The number of thiol groups is 2. The summed E-state index contributed by atoms with van der Waals surface area (Å²) >= 11 is 7.18. The fraction of sp³-hybridized carbons (Fsp3) is 0.500. The van der Waals surface area contributed by atoms with Crippen LogP contribution in [0.5, 0.6) is 0 Å². The van der Waals surface area contributed by atoms with Gasteiger partial charge in [0.25, 0.3) is 0 Å². The molecule has 64 valence electrons. The Labute approximate surface area is 88.7 Å². The normalized spacial score (nSPS) is 11.9. The molecular formula is C4H7O4S2Sb. The third-order valence-electron chi connectivity index (χ3n) is 0.881. The molecule has 0 saturated heterocycles. The average Bonchev–Trinajstić information content (AvgIpc) is 2.02. The van der Waals surface area contributed by atoms with Crippen LogP contribution in [0.2, 0.25) is 3.86 Å². The molecule has 0 amide bonds. The Morgan fingerprint density at radius 2 is 1.91 bits per heavy atom. The van der Waals surface area contributed by atoms with Gasteiger partial charge in [-0.1, -0.05) is 0 Å². The van der Waals surface area contributed by atoms with Gasteiger partial charge in [0.05, 0.1) is 0 Å². The average molecular weight is 305 g/mol. The van der Waals surface area contributed by atoms with Crippen molar-refractivity contribution in [2.75, 3.05) is 0 Å². The summed E-state index contributed by atoms with van der Waals surface area (Å²) in [7, 11) is 0. The molecule has 0 fully saturated rings. The van der Waals surface area contributed by atoms with Crippen molar-refractivity contribution in [2.45, 2.75) is 10.3 Å². The zero-order chi connectivity index (χ0) is 8.85. The van der Waals surface area contributed by atoms with E-state index in [0.717, 1.165) is 0 Å². The van der Waals surface area contributed by atoms with Gasteiger partial charge in [-0.2, -0.15) is 0 Å². The number of carbonyl (C=O) groups is 2. The van der Waals surface area contributed by atoms with Crippen molar-refractivity contribution in [1.29, 1.82) is 0 Å². The van der Waals surface area contributed by atoms with Crippen LogP contribution in [0.4, 0.5) is 0 Å². The summed E-state index contributed by atoms with van der Waals surface area (Å²) in [6, 6.07) is 0. The molecule has 4 nitrogen and oxygen atoms in total. The van der Waals surface area contributed by atoms with E-state index < -0.39 is 15.8 Å². The van der Waals surface area contributed by atoms with Gasteiger partial charge in [0.15, 0.2) is 0 Å². The van der Waals surface area contributed by atoms with Gasteiger partial charge in [0.2, 0.25) is 0 Å². The predicted molar refractivity (Wildman–Crippen MR) is 47.1 cm³/mol. The van der Waals surface area contributed by atoms with Crippen LogP contribution in [0.25, 0.3) is 0 Å². The predicted octanol–water partition coefficient (Wildman–Crippen LogP) is -0.426. The second kappa shape index (κ2) is 6.03. The minimum absolute atomic E-state index is 0.00509. The fourth-order valence-corrected chi connectivity index (χ4v) is 1.65. The van der Waals surface area contributed by atoms with Crippen LogP contribution < -0.4 is 0 Å². The maximum absolute atomic E-state index is 10.7. The Morgan fingerprint density at radius 3 is 2.27 bits per heavy atom. The van der Waals surface area contributed by atoms with Gasteiger partial charge in [0, 0.05) is 0 Å². The van der Waals surface area contributed by atoms with Crippen molar-refractivity contribution in [3.8, 4) is 0 Å². The summed E-state index contributed by atoms with van der Waals surface area (Å²) in [4.78, 5) is 21.2. The van der Waals surface area contributed by atoms with E-state index in [1.54, 1.807) is 0 Å². The monoisotopic (exact) mass is 304 g/mol. The van der Waals surface area contributed by atoms with E-state index in [1.165, 1.54) is 0 Å². The summed E-state index contributed by atoms with van der Waals surface area (Å²) in [5, 5.41) is 0. The molecule has 0 saturated carbocycles. The molecule has 0 radical (unpaired) electrons. The summed E-state index contributed by atoms with van der Waals surface area (Å²) in [5.41, 5.74) is 0. The molecule has 0 aliphatic rings. The van der Waals surface area contributed by atoms with E-state index in [1.807, 2.05) is 0 Å². The molecule has 11 heavy (non-hydrogen) atoms. The molecule has 0 aromatic heterocycles. The van der Waals surface area contributed by atoms with Gasteiger partial charge in [-0.15, -0.1) is 0 Å². The van der Waals surface area contributed by atoms with Gasteiger partial charge >= 0.3 is 89.0 Å². The van der Waals surface area contributed by atoms with Crippen LogP contribution in [-0.4, -0.2) is 35.0 Å². The van der Waals surface area contributed by atoms with Crippen molar-refractivity contribution in [3.05, 3.63) is 0 Å². The van der Waals surface area contributed by atoms with E-state index in [-0.39, 0.29) is 6.42 Å². The first-order chi connectivity index (χ1) is 5.11. The van der Waals surface area contributed by atoms with E-state index in [2.05, 4.69) is 34.2 Å². The van der Waals surface area contributed by atoms with E-state index in [4.69, 9.17) is 0 Å². The molecule has 0 bridgehead atoms. The van der Waals surface area contributed by atoms with Crippen LogP contribution >= 0.6 is 25.8 Å². The molecule has 0 aliphatic heterocycles. The second-order valence-corrected chi connectivity index (χ2v) is 4.35. The van der Waals surface area contributed by atoms with Crippen molar-refractivity contribution in [2.24, 2.45) is 0 Å². The third kappa shape index (κ3) is 4.82. The van der Waals surface area contributed by atoms with Gasteiger partial charge in [-0.25, -0.2) is 0 Å². The Balaban J connectivity index is 3.77. The number of carbonyl (C=O) groups excluding carboxylic acids is 2. The van der Waals surface area contributed by atoms with E-state index in [0.29, 0.717) is 23.0 Å². The van der Waals surface area contributed by atoms with Gasteiger partial charge < -0.3 is 0 Å². The van der Waals surface area contributed by atoms with Crippen LogP contribution in [0.15, 0.2) is 0 Å². The van der Waals surface area contributed by atoms with Crippen molar-refractivity contribution >= 4 is 60.8 Å². The van der Waals surface area contributed by atoms with Gasteiger partial charge in [-0.3, -0.25) is 0 Å². The summed E-state index contributed by atoms with van der Waals surface area (Å²) in [6.07, 6.45) is 0.00509. The van der Waals surface area contributed by atoms with Gasteiger partial charge in [-0.05, 0) is 0 Å². The first kappa shape index (κ1) is 11.5. The molecule has 1 unspecified atom stereocenters. The zero-order valence-corrected chi connectivity index (χ0v) is 10.5. The Morgan fingerprint density at radius 1 is 1.36 bits per heavy atom. The molecule has 0 aliphatic carbocycles. The molecule has 0 heterocycles. The zero-order valence-electron chi connectivity index (χ0n) is 5.39. The summed E-state index contributed by atoms with van der Waals surface area (Å²) < 4.78 is 7.75. The van der Waals surface area contributed by atoms with E-state index in [9.17, 15) is 9.59 Å². The van der Waals surface area contributed by atoms with Crippen molar-refractivity contribution in [3.63, 3.8) is 0 Å². The van der Waals surface area contributed by atoms with Crippen LogP contribution in [0.3, 0.4) is 0 Å². The standard InChI is InChI=1S/C4H5O4S2.Sb.2H/c5-3(7-9)1-2-4(6)8-10;;;/h1,9-10H,2H2;;;. The van der Waals surface area contributed by atoms with E-state index >= 15 is 0 Å². The first-order valence-corrected chi connectivity index (χ1v) is 5.20. The molecule has 7 heteroatoms.